The molecule has 0 amide bonds. The zero-order valence-electron chi connectivity index (χ0n) is 15.9. The van der Waals surface area contributed by atoms with Gasteiger partial charge in [0.1, 0.15) is 0 Å². The van der Waals surface area contributed by atoms with Crippen molar-refractivity contribution in [3.05, 3.63) is 136 Å². The lowest BCUT2D eigenvalue weighted by Crippen LogP contribution is -1.91. The van der Waals surface area contributed by atoms with E-state index in [0.717, 1.165) is 5.57 Å². The van der Waals surface area contributed by atoms with Gasteiger partial charge >= 0.3 is 0 Å². The molecular weight excluding hydrogens is 348 g/mol. The van der Waals surface area contributed by atoms with E-state index < -0.39 is 0 Å². The normalized spacial score (nSPS) is 13.1. The van der Waals surface area contributed by atoms with Crippen LogP contribution in [0.25, 0.3) is 34.4 Å². The van der Waals surface area contributed by atoms with Crippen LogP contribution in [-0.2, 0) is 0 Å². The zero-order chi connectivity index (χ0) is 19.2. The Balaban J connectivity index is 1.77. The van der Waals surface area contributed by atoms with Gasteiger partial charge in [-0.05, 0) is 44.5 Å². The van der Waals surface area contributed by atoms with E-state index in [1.165, 1.54) is 50.1 Å². The van der Waals surface area contributed by atoms with Crippen LogP contribution in [0.4, 0.5) is 0 Å². The molecule has 0 spiro atoms. The Labute approximate surface area is 170 Å². The van der Waals surface area contributed by atoms with E-state index in [1.54, 1.807) is 0 Å². The average Bonchev–Trinajstić information content (AvgIpc) is 3.01. The number of hydrogen-bond donors (Lipinski definition) is 0. The van der Waals surface area contributed by atoms with Gasteiger partial charge in [-0.2, -0.15) is 0 Å². The fourth-order valence-electron chi connectivity index (χ4n) is 4.48. The average molecular weight is 366 g/mol. The van der Waals surface area contributed by atoms with Crippen LogP contribution in [-0.4, -0.2) is 0 Å². The predicted octanol–water partition coefficient (Wildman–Crippen LogP) is 7.31. The minimum absolute atomic E-state index is 1.16. The van der Waals surface area contributed by atoms with Gasteiger partial charge in [-0.3, -0.25) is 0 Å². The van der Waals surface area contributed by atoms with Crippen LogP contribution in [0.15, 0.2) is 103 Å². The highest BCUT2D eigenvalue weighted by Crippen LogP contribution is 2.44. The first-order valence-corrected chi connectivity index (χ1v) is 9.97. The lowest BCUT2D eigenvalue weighted by molar-refractivity contribution is 1.53. The van der Waals surface area contributed by atoms with Gasteiger partial charge in [0.15, 0.2) is 0 Å². The Morgan fingerprint density at radius 2 is 0.690 bits per heavy atom. The first-order valence-electron chi connectivity index (χ1n) is 9.97. The van der Waals surface area contributed by atoms with Gasteiger partial charge in [-0.15, -0.1) is 5.73 Å². The molecule has 0 radical (unpaired) electrons. The highest BCUT2D eigenvalue weighted by molar-refractivity contribution is 6.04. The summed E-state index contributed by atoms with van der Waals surface area (Å²) in [7, 11) is 0. The largest absolute Gasteiger partial charge is 0.102 e. The monoisotopic (exact) mass is 366 g/mol. The number of rotatable bonds is 0. The second-order valence-electron chi connectivity index (χ2n) is 7.47. The molecule has 0 heteroatoms. The van der Waals surface area contributed by atoms with Crippen molar-refractivity contribution in [3.63, 3.8) is 0 Å². The maximum atomic E-state index is 3.88. The van der Waals surface area contributed by atoms with Gasteiger partial charge in [0, 0.05) is 11.1 Å². The van der Waals surface area contributed by atoms with Crippen LogP contribution in [0.2, 0.25) is 0 Å². The van der Waals surface area contributed by atoms with E-state index in [4.69, 9.17) is 0 Å². The van der Waals surface area contributed by atoms with Crippen LogP contribution in [0.3, 0.4) is 0 Å². The second kappa shape index (κ2) is 6.34. The second-order valence-corrected chi connectivity index (χ2v) is 7.47. The molecule has 0 aromatic heterocycles. The molecule has 0 saturated carbocycles. The highest BCUT2D eigenvalue weighted by atomic mass is 14.3. The third-order valence-electron chi connectivity index (χ3n) is 5.84. The maximum absolute atomic E-state index is 3.88. The molecule has 0 saturated heterocycles. The van der Waals surface area contributed by atoms with Crippen LogP contribution >= 0.6 is 0 Å². The first kappa shape index (κ1) is 16.1. The molecule has 134 valence electrons. The van der Waals surface area contributed by atoms with Crippen LogP contribution < -0.4 is 0 Å². The van der Waals surface area contributed by atoms with E-state index in [9.17, 15) is 0 Å². The van der Waals surface area contributed by atoms with Crippen molar-refractivity contribution in [2.24, 2.45) is 0 Å². The minimum atomic E-state index is 1.16. The number of hydrogen-bond acceptors (Lipinski definition) is 0. The third kappa shape index (κ3) is 2.48. The molecule has 0 aliphatic heterocycles. The van der Waals surface area contributed by atoms with Crippen molar-refractivity contribution in [3.8, 4) is 11.1 Å². The van der Waals surface area contributed by atoms with E-state index in [0.29, 0.717) is 0 Å². The third-order valence-corrected chi connectivity index (χ3v) is 5.84. The quantitative estimate of drug-likeness (QED) is 0.247. The number of benzene rings is 4. The standard InChI is InChI=1S/C29H18/c1-3-11-22-20(9-1)17-18-21-10-2-4-12-23(21)28(22)19-29-26-15-7-5-13-24(26)25-14-6-8-16-27(25)29/h1-18H. The summed E-state index contributed by atoms with van der Waals surface area (Å²) in [5.74, 6) is 0. The summed E-state index contributed by atoms with van der Waals surface area (Å²) in [6.07, 6.45) is 4.42. The Morgan fingerprint density at radius 1 is 0.345 bits per heavy atom. The van der Waals surface area contributed by atoms with Crippen molar-refractivity contribution in [1.29, 1.82) is 0 Å². The molecule has 0 fully saturated rings. The summed E-state index contributed by atoms with van der Waals surface area (Å²) in [5.41, 5.74) is 16.2. The Kier molecular flexibility index (Phi) is 3.53. The number of fused-ring (bicyclic) bond motifs is 5. The fourth-order valence-corrected chi connectivity index (χ4v) is 4.48. The summed E-state index contributed by atoms with van der Waals surface area (Å²) in [5, 5.41) is 0. The zero-order valence-corrected chi connectivity index (χ0v) is 15.9. The molecule has 0 atom stereocenters. The van der Waals surface area contributed by atoms with E-state index in [-0.39, 0.29) is 0 Å². The van der Waals surface area contributed by atoms with E-state index in [2.05, 4.69) is 115 Å². The van der Waals surface area contributed by atoms with Crippen LogP contribution in [0.1, 0.15) is 33.4 Å². The fraction of sp³-hybridized carbons (Fsp3) is 0. The molecule has 2 aliphatic carbocycles. The SMILES string of the molecule is C(=C1c2ccccc2C=Cc2ccccc21)=C1c2ccccc2-c2ccccc21. The molecule has 0 N–H and O–H groups in total. The van der Waals surface area contributed by atoms with Crippen molar-refractivity contribution in [2.75, 3.05) is 0 Å². The molecule has 4 aromatic rings. The molecule has 2 aliphatic rings. The molecular formula is C29H18. The van der Waals surface area contributed by atoms with Crippen LogP contribution in [0.5, 0.6) is 0 Å². The Hall–Kier alpha value is -3.86. The molecule has 0 heterocycles. The minimum Gasteiger partial charge on any atom is -0.102 e. The first-order chi connectivity index (χ1) is 14.4. The lowest BCUT2D eigenvalue weighted by atomic mass is 9.92. The van der Waals surface area contributed by atoms with Crippen LogP contribution in [0, 0.1) is 0 Å². The molecule has 0 nitrogen and oxygen atoms in total. The Morgan fingerprint density at radius 3 is 1.17 bits per heavy atom. The van der Waals surface area contributed by atoms with Gasteiger partial charge in [-0.25, -0.2) is 0 Å². The summed E-state index contributed by atoms with van der Waals surface area (Å²) in [6.45, 7) is 0. The molecule has 0 unspecified atom stereocenters. The maximum Gasteiger partial charge on any atom is 0.0328 e. The smallest absolute Gasteiger partial charge is 0.0328 e. The van der Waals surface area contributed by atoms with Gasteiger partial charge in [-0.1, -0.05) is 109 Å². The Bertz CT molecular complexity index is 1280. The summed E-state index contributed by atoms with van der Waals surface area (Å²) < 4.78 is 0. The van der Waals surface area contributed by atoms with Gasteiger partial charge in [0.25, 0.3) is 0 Å². The highest BCUT2D eigenvalue weighted by Gasteiger charge is 2.23. The molecule has 6 rings (SSSR count). The van der Waals surface area contributed by atoms with E-state index >= 15 is 0 Å². The lowest BCUT2D eigenvalue weighted by Gasteiger charge is -2.10. The summed E-state index contributed by atoms with van der Waals surface area (Å²) in [4.78, 5) is 0. The summed E-state index contributed by atoms with van der Waals surface area (Å²) in [6, 6.07) is 34.5. The van der Waals surface area contributed by atoms with Gasteiger partial charge in [0.05, 0.1) is 0 Å². The molecule has 29 heavy (non-hydrogen) atoms. The van der Waals surface area contributed by atoms with E-state index in [1.807, 2.05) is 0 Å². The van der Waals surface area contributed by atoms with Crippen molar-refractivity contribution >= 4 is 23.3 Å². The van der Waals surface area contributed by atoms with Gasteiger partial charge < -0.3 is 0 Å². The molecule has 0 bridgehead atoms. The van der Waals surface area contributed by atoms with Crippen molar-refractivity contribution in [1.82, 2.24) is 0 Å². The molecule has 4 aromatic carbocycles. The predicted molar refractivity (Wildman–Crippen MR) is 122 cm³/mol. The topological polar surface area (TPSA) is 0 Å². The summed E-state index contributed by atoms with van der Waals surface area (Å²) >= 11 is 0. The van der Waals surface area contributed by atoms with Crippen molar-refractivity contribution in [2.45, 2.75) is 0 Å². The van der Waals surface area contributed by atoms with Crippen molar-refractivity contribution < 1.29 is 0 Å². The van der Waals surface area contributed by atoms with Gasteiger partial charge in [0.2, 0.25) is 0 Å².